The van der Waals surface area contributed by atoms with Crippen LogP contribution in [0.25, 0.3) is 0 Å². The van der Waals surface area contributed by atoms with Gasteiger partial charge in [-0.05, 0) is 38.3 Å². The lowest BCUT2D eigenvalue weighted by Gasteiger charge is -2.40. The summed E-state index contributed by atoms with van der Waals surface area (Å²) in [5.74, 6) is 0.709. The monoisotopic (exact) mass is 284 g/mol. The van der Waals surface area contributed by atoms with E-state index in [2.05, 4.69) is 58.8 Å². The minimum atomic E-state index is 0.295. The highest BCUT2D eigenvalue weighted by molar-refractivity contribution is 4.90. The summed E-state index contributed by atoms with van der Waals surface area (Å²) >= 11 is 0. The molecule has 20 heavy (non-hydrogen) atoms. The van der Waals surface area contributed by atoms with Crippen LogP contribution in [0.2, 0.25) is 0 Å². The molecule has 1 aliphatic rings. The molecule has 1 saturated heterocycles. The van der Waals surface area contributed by atoms with E-state index in [1.165, 1.54) is 6.42 Å². The third kappa shape index (κ3) is 5.34. The standard InChI is InChI=1S/C17H36N2O/c1-14(2)10-18-11-17(8-9-20-13-17)12-19(7)15(3)16(4,5)6/h14-15,18H,8-13H2,1-7H3. The average Bonchev–Trinajstić information content (AvgIpc) is 2.75. The normalized spacial score (nSPS) is 25.6. The van der Waals surface area contributed by atoms with E-state index in [9.17, 15) is 0 Å². The Labute approximate surface area is 126 Å². The molecule has 3 heteroatoms. The van der Waals surface area contributed by atoms with Crippen LogP contribution in [0.5, 0.6) is 0 Å². The van der Waals surface area contributed by atoms with Crippen LogP contribution in [-0.4, -0.2) is 50.8 Å². The summed E-state index contributed by atoms with van der Waals surface area (Å²) in [5.41, 5.74) is 0.615. The van der Waals surface area contributed by atoms with Crippen LogP contribution in [0.1, 0.15) is 48.0 Å². The summed E-state index contributed by atoms with van der Waals surface area (Å²) in [4.78, 5) is 2.52. The Kier molecular flexibility index (Phi) is 6.49. The molecule has 3 nitrogen and oxygen atoms in total. The van der Waals surface area contributed by atoms with Gasteiger partial charge in [-0.25, -0.2) is 0 Å². The van der Waals surface area contributed by atoms with Crippen LogP contribution in [0, 0.1) is 16.7 Å². The summed E-state index contributed by atoms with van der Waals surface area (Å²) in [6.45, 7) is 18.9. The van der Waals surface area contributed by atoms with E-state index in [-0.39, 0.29) is 0 Å². The maximum atomic E-state index is 5.72. The van der Waals surface area contributed by atoms with E-state index in [4.69, 9.17) is 4.74 Å². The molecule has 1 rings (SSSR count). The van der Waals surface area contributed by atoms with Gasteiger partial charge in [-0.1, -0.05) is 34.6 Å². The molecule has 0 aromatic rings. The van der Waals surface area contributed by atoms with E-state index < -0.39 is 0 Å². The summed E-state index contributed by atoms with van der Waals surface area (Å²) in [6, 6.07) is 0.574. The first-order valence-electron chi connectivity index (χ1n) is 8.15. The van der Waals surface area contributed by atoms with Crippen molar-refractivity contribution in [2.24, 2.45) is 16.7 Å². The van der Waals surface area contributed by atoms with Gasteiger partial charge in [-0.3, -0.25) is 0 Å². The molecule has 1 N–H and O–H groups in total. The molecule has 0 aromatic heterocycles. The Bertz CT molecular complexity index is 277. The van der Waals surface area contributed by atoms with Crippen molar-refractivity contribution in [1.82, 2.24) is 10.2 Å². The topological polar surface area (TPSA) is 24.5 Å². The van der Waals surface area contributed by atoms with Crippen molar-refractivity contribution in [3.8, 4) is 0 Å². The van der Waals surface area contributed by atoms with Crippen LogP contribution in [0.3, 0.4) is 0 Å². The third-order valence-corrected chi connectivity index (χ3v) is 4.74. The first-order valence-corrected chi connectivity index (χ1v) is 8.15. The van der Waals surface area contributed by atoms with Crippen molar-refractivity contribution in [2.45, 2.75) is 54.0 Å². The van der Waals surface area contributed by atoms with Gasteiger partial charge in [0, 0.05) is 31.2 Å². The summed E-state index contributed by atoms with van der Waals surface area (Å²) in [7, 11) is 2.26. The Hall–Kier alpha value is -0.120. The molecule has 0 saturated carbocycles. The van der Waals surface area contributed by atoms with Crippen molar-refractivity contribution in [2.75, 3.05) is 39.9 Å². The van der Waals surface area contributed by atoms with Gasteiger partial charge >= 0.3 is 0 Å². The van der Waals surface area contributed by atoms with E-state index in [1.54, 1.807) is 0 Å². The van der Waals surface area contributed by atoms with Crippen molar-refractivity contribution in [3.05, 3.63) is 0 Å². The van der Waals surface area contributed by atoms with Crippen LogP contribution in [0.15, 0.2) is 0 Å². The molecule has 0 aromatic carbocycles. The average molecular weight is 284 g/mol. The zero-order chi connectivity index (χ0) is 15.4. The van der Waals surface area contributed by atoms with Crippen molar-refractivity contribution in [3.63, 3.8) is 0 Å². The number of hydrogen-bond acceptors (Lipinski definition) is 3. The summed E-state index contributed by atoms with van der Waals surface area (Å²) < 4.78 is 5.72. The minimum absolute atomic E-state index is 0.295. The van der Waals surface area contributed by atoms with Crippen LogP contribution in [-0.2, 0) is 4.74 Å². The second kappa shape index (κ2) is 7.24. The highest BCUT2D eigenvalue weighted by atomic mass is 16.5. The van der Waals surface area contributed by atoms with Crippen LogP contribution >= 0.6 is 0 Å². The molecular weight excluding hydrogens is 248 g/mol. The predicted molar refractivity (Wildman–Crippen MR) is 87.1 cm³/mol. The molecular formula is C17H36N2O. The second-order valence-corrected chi connectivity index (χ2v) is 8.28. The van der Waals surface area contributed by atoms with Gasteiger partial charge < -0.3 is 15.0 Å². The predicted octanol–water partition coefficient (Wildman–Crippen LogP) is 3.01. The first-order chi connectivity index (χ1) is 9.16. The summed E-state index contributed by atoms with van der Waals surface area (Å²) in [5, 5.41) is 3.64. The molecule has 1 fully saturated rings. The molecule has 0 amide bonds. The SMILES string of the molecule is CC(C)CNCC1(CN(C)C(C)C(C)(C)C)CCOC1. The molecule has 0 spiro atoms. The number of nitrogens with one attached hydrogen (secondary N) is 1. The first kappa shape index (κ1) is 17.9. The molecule has 1 heterocycles. The zero-order valence-electron chi connectivity index (χ0n) is 14.8. The van der Waals surface area contributed by atoms with E-state index in [1.807, 2.05) is 0 Å². The van der Waals surface area contributed by atoms with Gasteiger partial charge in [0.15, 0.2) is 0 Å². The van der Waals surface area contributed by atoms with Crippen molar-refractivity contribution in [1.29, 1.82) is 0 Å². The minimum Gasteiger partial charge on any atom is -0.381 e. The van der Waals surface area contributed by atoms with Gasteiger partial charge in [-0.15, -0.1) is 0 Å². The van der Waals surface area contributed by atoms with Crippen LogP contribution < -0.4 is 5.32 Å². The molecule has 120 valence electrons. The maximum absolute atomic E-state index is 5.72. The Morgan fingerprint density at radius 3 is 2.35 bits per heavy atom. The van der Waals surface area contributed by atoms with E-state index in [0.29, 0.717) is 22.8 Å². The smallest absolute Gasteiger partial charge is 0.0547 e. The zero-order valence-corrected chi connectivity index (χ0v) is 14.8. The summed E-state index contributed by atoms with van der Waals surface area (Å²) in [6.07, 6.45) is 1.18. The fourth-order valence-corrected chi connectivity index (χ4v) is 2.92. The molecule has 2 unspecified atom stereocenters. The Morgan fingerprint density at radius 2 is 1.90 bits per heavy atom. The Balaban J connectivity index is 2.58. The number of ether oxygens (including phenoxy) is 1. The molecule has 2 atom stereocenters. The Morgan fingerprint density at radius 1 is 1.25 bits per heavy atom. The lowest BCUT2D eigenvalue weighted by atomic mass is 9.83. The molecule has 1 aliphatic heterocycles. The van der Waals surface area contributed by atoms with Gasteiger partial charge in [0.2, 0.25) is 0 Å². The van der Waals surface area contributed by atoms with E-state index >= 15 is 0 Å². The maximum Gasteiger partial charge on any atom is 0.0547 e. The highest BCUT2D eigenvalue weighted by Crippen LogP contribution is 2.32. The second-order valence-electron chi connectivity index (χ2n) is 8.28. The van der Waals surface area contributed by atoms with Gasteiger partial charge in [0.1, 0.15) is 0 Å². The number of nitrogens with zero attached hydrogens (tertiary/aromatic N) is 1. The quantitative estimate of drug-likeness (QED) is 0.778. The third-order valence-electron chi connectivity index (χ3n) is 4.74. The largest absolute Gasteiger partial charge is 0.381 e. The number of rotatable bonds is 7. The molecule has 0 aliphatic carbocycles. The molecule has 0 radical (unpaired) electrons. The van der Waals surface area contributed by atoms with Crippen molar-refractivity contribution >= 4 is 0 Å². The van der Waals surface area contributed by atoms with Crippen LogP contribution in [0.4, 0.5) is 0 Å². The van der Waals surface area contributed by atoms with Gasteiger partial charge in [0.05, 0.1) is 6.61 Å². The lowest BCUT2D eigenvalue weighted by molar-refractivity contribution is 0.0696. The van der Waals surface area contributed by atoms with Crippen molar-refractivity contribution < 1.29 is 4.74 Å². The number of hydrogen-bond donors (Lipinski definition) is 1. The lowest BCUT2D eigenvalue weighted by Crippen LogP contribution is -2.49. The fraction of sp³-hybridized carbons (Fsp3) is 1.00. The highest BCUT2D eigenvalue weighted by Gasteiger charge is 2.37. The van der Waals surface area contributed by atoms with E-state index in [0.717, 1.165) is 32.8 Å². The van der Waals surface area contributed by atoms with Gasteiger partial charge in [0.25, 0.3) is 0 Å². The fourth-order valence-electron chi connectivity index (χ4n) is 2.92. The molecule has 0 bridgehead atoms. The van der Waals surface area contributed by atoms with Gasteiger partial charge in [-0.2, -0.15) is 0 Å².